The fourth-order valence-corrected chi connectivity index (χ4v) is 3.64. The molecule has 3 rings (SSSR count). The van der Waals surface area contributed by atoms with Gasteiger partial charge in [0.25, 0.3) is 0 Å². The van der Waals surface area contributed by atoms with Crippen molar-refractivity contribution in [2.45, 2.75) is 64.5 Å². The third-order valence-electron chi connectivity index (χ3n) is 5.09. The third kappa shape index (κ3) is 2.35. The highest BCUT2D eigenvalue weighted by Crippen LogP contribution is 2.34. The summed E-state index contributed by atoms with van der Waals surface area (Å²) in [6, 6.07) is 3.42. The SMILES string of the molecule is CC1CCC(NC2CCCc3occc32)CC1C. The average Bonchev–Trinajstić information content (AvgIpc) is 2.83. The van der Waals surface area contributed by atoms with Crippen LogP contribution in [0.15, 0.2) is 16.7 Å². The summed E-state index contributed by atoms with van der Waals surface area (Å²) in [6.07, 6.45) is 9.57. The maximum atomic E-state index is 5.57. The predicted molar refractivity (Wildman–Crippen MR) is 73.5 cm³/mol. The van der Waals surface area contributed by atoms with Gasteiger partial charge < -0.3 is 9.73 Å². The second kappa shape index (κ2) is 5.08. The van der Waals surface area contributed by atoms with E-state index in [1.54, 1.807) is 0 Å². The van der Waals surface area contributed by atoms with Crippen molar-refractivity contribution in [3.8, 4) is 0 Å². The van der Waals surface area contributed by atoms with Crippen molar-refractivity contribution in [2.24, 2.45) is 11.8 Å². The summed E-state index contributed by atoms with van der Waals surface area (Å²) in [5.74, 6) is 2.98. The molecule has 18 heavy (non-hydrogen) atoms. The van der Waals surface area contributed by atoms with Gasteiger partial charge in [0.15, 0.2) is 0 Å². The first-order valence-electron chi connectivity index (χ1n) is 7.56. The Labute approximate surface area is 110 Å². The van der Waals surface area contributed by atoms with Gasteiger partial charge in [-0.2, -0.15) is 0 Å². The predicted octanol–water partition coefficient (Wildman–Crippen LogP) is 4.07. The van der Waals surface area contributed by atoms with E-state index < -0.39 is 0 Å². The second-order valence-corrected chi connectivity index (χ2v) is 6.38. The van der Waals surface area contributed by atoms with Crippen molar-refractivity contribution >= 4 is 0 Å². The van der Waals surface area contributed by atoms with Crippen LogP contribution in [-0.2, 0) is 6.42 Å². The molecular formula is C16H25NO. The number of rotatable bonds is 2. The lowest BCUT2D eigenvalue weighted by Gasteiger charge is -2.36. The van der Waals surface area contributed by atoms with Crippen molar-refractivity contribution in [3.63, 3.8) is 0 Å². The van der Waals surface area contributed by atoms with Gasteiger partial charge in [-0.1, -0.05) is 13.8 Å². The Bertz CT molecular complexity index is 398. The molecule has 100 valence electrons. The molecule has 1 saturated carbocycles. The van der Waals surface area contributed by atoms with Gasteiger partial charge in [-0.05, 0) is 50.0 Å². The van der Waals surface area contributed by atoms with Gasteiger partial charge in [-0.3, -0.25) is 0 Å². The van der Waals surface area contributed by atoms with Crippen LogP contribution in [0.2, 0.25) is 0 Å². The molecule has 0 radical (unpaired) electrons. The van der Waals surface area contributed by atoms with Crippen LogP contribution in [0.4, 0.5) is 0 Å². The van der Waals surface area contributed by atoms with E-state index in [2.05, 4.69) is 25.2 Å². The minimum Gasteiger partial charge on any atom is -0.469 e. The first kappa shape index (κ1) is 12.3. The largest absolute Gasteiger partial charge is 0.469 e. The van der Waals surface area contributed by atoms with E-state index in [4.69, 9.17) is 4.42 Å². The number of hydrogen-bond acceptors (Lipinski definition) is 2. The van der Waals surface area contributed by atoms with Crippen molar-refractivity contribution in [1.29, 1.82) is 0 Å². The highest BCUT2D eigenvalue weighted by molar-refractivity contribution is 5.24. The highest BCUT2D eigenvalue weighted by atomic mass is 16.3. The van der Waals surface area contributed by atoms with Gasteiger partial charge >= 0.3 is 0 Å². The van der Waals surface area contributed by atoms with Gasteiger partial charge in [0.05, 0.1) is 6.26 Å². The Balaban J connectivity index is 1.64. The lowest BCUT2D eigenvalue weighted by atomic mass is 9.78. The molecule has 2 aliphatic carbocycles. The monoisotopic (exact) mass is 247 g/mol. The maximum absolute atomic E-state index is 5.57. The van der Waals surface area contributed by atoms with E-state index in [0.29, 0.717) is 12.1 Å². The van der Waals surface area contributed by atoms with Crippen molar-refractivity contribution in [2.75, 3.05) is 0 Å². The lowest BCUT2D eigenvalue weighted by molar-refractivity contribution is 0.209. The summed E-state index contributed by atoms with van der Waals surface area (Å²) in [6.45, 7) is 4.80. The molecule has 0 saturated heterocycles. The zero-order chi connectivity index (χ0) is 12.5. The molecule has 0 aromatic carbocycles. The number of fused-ring (bicyclic) bond motifs is 1. The van der Waals surface area contributed by atoms with Gasteiger partial charge in [-0.15, -0.1) is 0 Å². The minimum absolute atomic E-state index is 0.540. The van der Waals surface area contributed by atoms with Gasteiger partial charge in [0, 0.05) is 24.1 Å². The number of furan rings is 1. The number of nitrogens with one attached hydrogen (secondary N) is 1. The molecule has 1 heterocycles. The summed E-state index contributed by atoms with van der Waals surface area (Å²) in [4.78, 5) is 0. The van der Waals surface area contributed by atoms with Crippen LogP contribution in [0.5, 0.6) is 0 Å². The van der Waals surface area contributed by atoms with Crippen molar-refractivity contribution in [1.82, 2.24) is 5.32 Å². The average molecular weight is 247 g/mol. The normalized spacial score (nSPS) is 36.3. The lowest BCUT2D eigenvalue weighted by Crippen LogP contribution is -2.39. The number of aryl methyl sites for hydroxylation is 1. The first-order valence-corrected chi connectivity index (χ1v) is 7.56. The summed E-state index contributed by atoms with van der Waals surface area (Å²) in [7, 11) is 0. The first-order chi connectivity index (χ1) is 8.74. The zero-order valence-electron chi connectivity index (χ0n) is 11.6. The molecule has 2 aliphatic rings. The van der Waals surface area contributed by atoms with Crippen LogP contribution < -0.4 is 5.32 Å². The Morgan fingerprint density at radius 3 is 2.89 bits per heavy atom. The highest BCUT2D eigenvalue weighted by Gasteiger charge is 2.29. The molecule has 1 aromatic heterocycles. The minimum atomic E-state index is 0.540. The van der Waals surface area contributed by atoms with E-state index in [1.807, 2.05) is 6.26 Å². The molecule has 1 aromatic rings. The molecule has 4 unspecified atom stereocenters. The second-order valence-electron chi connectivity index (χ2n) is 6.38. The van der Waals surface area contributed by atoms with E-state index >= 15 is 0 Å². The van der Waals surface area contributed by atoms with Crippen LogP contribution in [0.1, 0.15) is 63.3 Å². The number of hydrogen-bond donors (Lipinski definition) is 1. The van der Waals surface area contributed by atoms with Crippen LogP contribution in [-0.4, -0.2) is 6.04 Å². The summed E-state index contributed by atoms with van der Waals surface area (Å²) < 4.78 is 5.57. The molecular weight excluding hydrogens is 222 g/mol. The Morgan fingerprint density at radius 2 is 2.06 bits per heavy atom. The Hall–Kier alpha value is -0.760. The van der Waals surface area contributed by atoms with Crippen LogP contribution in [0.25, 0.3) is 0 Å². The van der Waals surface area contributed by atoms with Crippen LogP contribution in [0, 0.1) is 11.8 Å². The molecule has 0 amide bonds. The molecule has 2 nitrogen and oxygen atoms in total. The third-order valence-corrected chi connectivity index (χ3v) is 5.09. The summed E-state index contributed by atoms with van der Waals surface area (Å²) in [5, 5.41) is 3.89. The van der Waals surface area contributed by atoms with Gasteiger partial charge in [0.2, 0.25) is 0 Å². The topological polar surface area (TPSA) is 25.2 Å². The fraction of sp³-hybridized carbons (Fsp3) is 0.750. The molecule has 1 fully saturated rings. The molecule has 0 spiro atoms. The Kier molecular flexibility index (Phi) is 3.47. The van der Waals surface area contributed by atoms with Crippen molar-refractivity contribution in [3.05, 3.63) is 23.7 Å². The molecule has 0 bridgehead atoms. The van der Waals surface area contributed by atoms with Crippen LogP contribution >= 0.6 is 0 Å². The van der Waals surface area contributed by atoms with E-state index in [1.165, 1.54) is 43.4 Å². The van der Waals surface area contributed by atoms with E-state index in [0.717, 1.165) is 18.3 Å². The van der Waals surface area contributed by atoms with Gasteiger partial charge in [0.1, 0.15) is 5.76 Å². The quantitative estimate of drug-likeness (QED) is 0.852. The molecule has 4 atom stereocenters. The molecule has 2 heteroatoms. The zero-order valence-corrected chi connectivity index (χ0v) is 11.6. The fourth-order valence-electron chi connectivity index (χ4n) is 3.64. The van der Waals surface area contributed by atoms with Crippen molar-refractivity contribution < 1.29 is 4.42 Å². The van der Waals surface area contributed by atoms with Gasteiger partial charge in [-0.25, -0.2) is 0 Å². The maximum Gasteiger partial charge on any atom is 0.108 e. The summed E-state index contributed by atoms with van der Waals surface area (Å²) in [5.41, 5.74) is 1.42. The Morgan fingerprint density at radius 1 is 1.17 bits per heavy atom. The smallest absolute Gasteiger partial charge is 0.108 e. The molecule has 0 aliphatic heterocycles. The molecule has 1 N–H and O–H groups in total. The van der Waals surface area contributed by atoms with Crippen LogP contribution in [0.3, 0.4) is 0 Å². The van der Waals surface area contributed by atoms with E-state index in [9.17, 15) is 0 Å². The standard InChI is InChI=1S/C16H25NO/c1-11-6-7-13(10-12(11)2)17-15-4-3-5-16-14(15)8-9-18-16/h8-9,11-13,15,17H,3-7,10H2,1-2H3. The van der Waals surface area contributed by atoms with E-state index in [-0.39, 0.29) is 0 Å². The summed E-state index contributed by atoms with van der Waals surface area (Å²) >= 11 is 0.